The zero-order chi connectivity index (χ0) is 18.1. The summed E-state index contributed by atoms with van der Waals surface area (Å²) in [4.78, 5) is 28.4. The van der Waals surface area contributed by atoms with Crippen molar-refractivity contribution in [3.05, 3.63) is 76.1 Å². The van der Waals surface area contributed by atoms with Crippen LogP contribution < -0.4 is 5.32 Å². The minimum atomic E-state index is -0.143. The molecule has 2 aromatic rings. The molecule has 132 valence electrons. The molecule has 0 aromatic heterocycles. The van der Waals surface area contributed by atoms with Crippen molar-refractivity contribution in [1.29, 1.82) is 0 Å². The van der Waals surface area contributed by atoms with E-state index in [1.807, 2.05) is 0 Å². The summed E-state index contributed by atoms with van der Waals surface area (Å²) < 4.78 is 0. The Hall–Kier alpha value is -2.59. The average Bonchev–Trinajstić information content (AvgIpc) is 2.68. The van der Waals surface area contributed by atoms with Gasteiger partial charge in [0.05, 0.1) is 0 Å². The number of carbonyl (C=O) groups is 2. The summed E-state index contributed by atoms with van der Waals surface area (Å²) in [6.07, 6.45) is 3.21. The highest BCUT2D eigenvalue weighted by Crippen LogP contribution is 2.31. The van der Waals surface area contributed by atoms with E-state index in [4.69, 9.17) is 11.6 Å². The molecule has 2 aliphatic rings. The van der Waals surface area contributed by atoms with Crippen LogP contribution in [0.15, 0.2) is 59.9 Å². The van der Waals surface area contributed by atoms with Crippen molar-refractivity contribution in [2.24, 2.45) is 0 Å². The Kier molecular flexibility index (Phi) is 4.51. The van der Waals surface area contributed by atoms with Gasteiger partial charge >= 0.3 is 0 Å². The van der Waals surface area contributed by atoms with Crippen LogP contribution in [-0.2, 0) is 0 Å². The van der Waals surface area contributed by atoms with Crippen LogP contribution in [0.4, 0.5) is 5.69 Å². The minimum absolute atomic E-state index is 0.0847. The Labute approximate surface area is 157 Å². The van der Waals surface area contributed by atoms with E-state index < -0.39 is 0 Å². The number of Topliss-reactive ketones (excluding diaryl/α,β-unsaturated/α-hetero) is 2. The largest absolute Gasteiger partial charge is 0.367 e. The second-order valence-electron chi connectivity index (χ2n) is 6.61. The minimum Gasteiger partial charge on any atom is -0.367 e. The number of anilines is 1. The molecule has 2 aromatic carbocycles. The van der Waals surface area contributed by atoms with E-state index in [-0.39, 0.29) is 11.6 Å². The third-order valence-corrected chi connectivity index (χ3v) is 5.13. The lowest BCUT2D eigenvalue weighted by molar-refractivity contribution is 0.0935. The molecule has 1 N–H and O–H groups in total. The highest BCUT2D eigenvalue weighted by Gasteiger charge is 2.35. The zero-order valence-electron chi connectivity index (χ0n) is 14.3. The van der Waals surface area contributed by atoms with E-state index in [9.17, 15) is 9.59 Å². The van der Waals surface area contributed by atoms with Crippen molar-refractivity contribution in [3.63, 3.8) is 0 Å². The molecule has 0 bridgehead atoms. The molecule has 1 aliphatic carbocycles. The second-order valence-corrected chi connectivity index (χ2v) is 7.04. The van der Waals surface area contributed by atoms with Crippen LogP contribution in [0.5, 0.6) is 0 Å². The summed E-state index contributed by atoms with van der Waals surface area (Å²) in [5, 5.41) is 3.81. The quantitative estimate of drug-likeness (QED) is 0.867. The molecule has 0 radical (unpaired) electrons. The summed E-state index contributed by atoms with van der Waals surface area (Å²) in [6, 6.07) is 14.2. The van der Waals surface area contributed by atoms with Gasteiger partial charge in [-0.1, -0.05) is 35.9 Å². The van der Waals surface area contributed by atoms with Crippen LogP contribution in [0, 0.1) is 0 Å². The van der Waals surface area contributed by atoms with Crippen LogP contribution in [0.2, 0.25) is 5.02 Å². The Bertz CT molecular complexity index is 896. The van der Waals surface area contributed by atoms with E-state index >= 15 is 0 Å². The smallest absolute Gasteiger partial charge is 0.212 e. The summed E-state index contributed by atoms with van der Waals surface area (Å²) in [5.74, 6) is -0.228. The van der Waals surface area contributed by atoms with Crippen LogP contribution in [0.25, 0.3) is 0 Å². The Balaban J connectivity index is 1.81. The van der Waals surface area contributed by atoms with Crippen molar-refractivity contribution in [3.8, 4) is 0 Å². The molecule has 4 nitrogen and oxygen atoms in total. The lowest BCUT2D eigenvalue weighted by Crippen LogP contribution is -2.39. The van der Waals surface area contributed by atoms with Crippen molar-refractivity contribution in [2.45, 2.75) is 19.3 Å². The molecule has 0 atom stereocenters. The fourth-order valence-electron chi connectivity index (χ4n) is 3.58. The maximum Gasteiger partial charge on any atom is 0.212 e. The number of likely N-dealkylation sites (tertiary alicyclic amines) is 1. The summed E-state index contributed by atoms with van der Waals surface area (Å²) in [6.45, 7) is 1.59. The van der Waals surface area contributed by atoms with E-state index in [1.54, 1.807) is 48.5 Å². The number of piperidine rings is 1. The molecule has 0 unspecified atom stereocenters. The standard InChI is InChI=1S/C21H19ClN2O2/c22-14-8-10-15(11-9-14)23-18-19(24-12-4-1-5-13-24)21(26)17-7-3-2-6-16(17)20(18)25/h2-3,6-11,23H,1,4-5,12-13H2. The van der Waals surface area contributed by atoms with Crippen molar-refractivity contribution in [2.75, 3.05) is 18.4 Å². The number of ketones is 2. The summed E-state index contributed by atoms with van der Waals surface area (Å²) in [7, 11) is 0. The summed E-state index contributed by atoms with van der Waals surface area (Å²) in [5.41, 5.74) is 2.52. The predicted molar refractivity (Wildman–Crippen MR) is 103 cm³/mol. The highest BCUT2D eigenvalue weighted by molar-refractivity contribution is 6.30. The Morgan fingerprint density at radius 3 is 2.08 bits per heavy atom. The van der Waals surface area contributed by atoms with Gasteiger partial charge in [0.2, 0.25) is 11.6 Å². The lowest BCUT2D eigenvalue weighted by atomic mass is 9.89. The molecule has 0 amide bonds. The van der Waals surface area contributed by atoms with E-state index in [2.05, 4.69) is 10.2 Å². The number of carbonyl (C=O) groups excluding carboxylic acids is 2. The van der Waals surface area contributed by atoms with Gasteiger partial charge in [-0.2, -0.15) is 0 Å². The van der Waals surface area contributed by atoms with Gasteiger partial charge in [-0.15, -0.1) is 0 Å². The maximum absolute atomic E-state index is 13.2. The molecular formula is C21H19ClN2O2. The van der Waals surface area contributed by atoms with Gasteiger partial charge in [-0.05, 0) is 43.5 Å². The summed E-state index contributed by atoms with van der Waals surface area (Å²) >= 11 is 5.95. The molecule has 1 aliphatic heterocycles. The first-order chi connectivity index (χ1) is 12.6. The SMILES string of the molecule is O=C1C(Nc2ccc(Cl)cc2)=C(N2CCCCC2)C(=O)c2ccccc21. The van der Waals surface area contributed by atoms with Crippen LogP contribution in [0.3, 0.4) is 0 Å². The van der Waals surface area contributed by atoms with E-state index in [0.717, 1.165) is 38.0 Å². The number of rotatable bonds is 3. The zero-order valence-corrected chi connectivity index (χ0v) is 15.1. The Morgan fingerprint density at radius 2 is 1.42 bits per heavy atom. The van der Waals surface area contributed by atoms with E-state index in [0.29, 0.717) is 27.5 Å². The molecule has 5 heteroatoms. The first-order valence-corrected chi connectivity index (χ1v) is 9.23. The van der Waals surface area contributed by atoms with Crippen LogP contribution in [0.1, 0.15) is 40.0 Å². The normalized spacial score (nSPS) is 17.3. The lowest BCUT2D eigenvalue weighted by Gasteiger charge is -2.34. The molecule has 1 heterocycles. The number of nitrogens with zero attached hydrogens (tertiary/aromatic N) is 1. The predicted octanol–water partition coefficient (Wildman–Crippen LogP) is 4.53. The molecular weight excluding hydrogens is 348 g/mol. The van der Waals surface area contributed by atoms with Gasteiger partial charge in [-0.25, -0.2) is 0 Å². The number of benzene rings is 2. The molecule has 0 spiro atoms. The fraction of sp³-hybridized carbons (Fsp3) is 0.238. The molecule has 4 rings (SSSR count). The van der Waals surface area contributed by atoms with Gasteiger partial charge in [-0.3, -0.25) is 9.59 Å². The Morgan fingerprint density at radius 1 is 0.808 bits per heavy atom. The molecule has 1 fully saturated rings. The van der Waals surface area contributed by atoms with Crippen LogP contribution in [-0.4, -0.2) is 29.6 Å². The molecule has 1 saturated heterocycles. The first-order valence-electron chi connectivity index (χ1n) is 8.85. The first kappa shape index (κ1) is 16.9. The number of halogens is 1. The second kappa shape index (κ2) is 6.96. The monoisotopic (exact) mass is 366 g/mol. The number of fused-ring (bicyclic) bond motifs is 1. The van der Waals surface area contributed by atoms with Gasteiger partial charge in [0.15, 0.2) is 0 Å². The average molecular weight is 367 g/mol. The molecule has 0 saturated carbocycles. The topological polar surface area (TPSA) is 49.4 Å². The van der Waals surface area contributed by atoms with Gasteiger partial charge < -0.3 is 10.2 Å². The number of hydrogen-bond acceptors (Lipinski definition) is 4. The van der Waals surface area contributed by atoms with Crippen molar-refractivity contribution >= 4 is 28.9 Å². The third kappa shape index (κ3) is 3.01. The van der Waals surface area contributed by atoms with Gasteiger partial charge in [0.25, 0.3) is 0 Å². The highest BCUT2D eigenvalue weighted by atomic mass is 35.5. The van der Waals surface area contributed by atoms with Gasteiger partial charge in [0, 0.05) is 34.9 Å². The van der Waals surface area contributed by atoms with Crippen molar-refractivity contribution < 1.29 is 9.59 Å². The number of hydrogen-bond donors (Lipinski definition) is 1. The number of nitrogens with one attached hydrogen (secondary N) is 1. The van der Waals surface area contributed by atoms with Crippen molar-refractivity contribution in [1.82, 2.24) is 4.90 Å². The van der Waals surface area contributed by atoms with Crippen LogP contribution >= 0.6 is 11.6 Å². The fourth-order valence-corrected chi connectivity index (χ4v) is 3.70. The van der Waals surface area contributed by atoms with Gasteiger partial charge in [0.1, 0.15) is 11.4 Å². The number of allylic oxidation sites excluding steroid dienone is 2. The maximum atomic E-state index is 13.2. The van der Waals surface area contributed by atoms with E-state index in [1.165, 1.54) is 0 Å². The third-order valence-electron chi connectivity index (χ3n) is 4.88. The molecule has 26 heavy (non-hydrogen) atoms.